The minimum absolute atomic E-state index is 0.0127. The monoisotopic (exact) mass is 308 g/mol. The number of nitrogens with one attached hydrogen (secondary N) is 1. The third-order valence-corrected chi connectivity index (χ3v) is 2.98. The van der Waals surface area contributed by atoms with Gasteiger partial charge in [0.25, 0.3) is 0 Å². The van der Waals surface area contributed by atoms with Gasteiger partial charge < -0.3 is 10.1 Å². The van der Waals surface area contributed by atoms with Crippen molar-refractivity contribution in [2.75, 3.05) is 0 Å². The number of pyridine rings is 1. The Morgan fingerprint density at radius 3 is 2.67 bits per heavy atom. The maximum absolute atomic E-state index is 13.0. The molecule has 0 amide bonds. The maximum atomic E-state index is 13.0. The Morgan fingerprint density at radius 1 is 1.24 bits per heavy atom. The first-order valence-corrected chi connectivity index (χ1v) is 7.05. The van der Waals surface area contributed by atoms with E-state index in [0.717, 1.165) is 5.69 Å². The van der Waals surface area contributed by atoms with Gasteiger partial charge in [-0.15, -0.1) is 0 Å². The number of ether oxygens (including phenoxy) is 1. The maximum Gasteiger partial charge on any atom is 0.219 e. The summed E-state index contributed by atoms with van der Waals surface area (Å²) < 4.78 is 18.6. The Bertz CT molecular complexity index is 626. The fourth-order valence-electron chi connectivity index (χ4n) is 1.64. The van der Waals surface area contributed by atoms with Crippen LogP contribution in [-0.4, -0.2) is 10.5 Å². The number of aromatic nitrogens is 1. The van der Waals surface area contributed by atoms with Gasteiger partial charge in [-0.25, -0.2) is 9.37 Å². The molecule has 1 heterocycles. The van der Waals surface area contributed by atoms with E-state index in [-0.39, 0.29) is 10.6 Å². The van der Waals surface area contributed by atoms with E-state index in [2.05, 4.69) is 31.1 Å². The minimum atomic E-state index is -0.400. The van der Waals surface area contributed by atoms with Gasteiger partial charge in [0.2, 0.25) is 5.88 Å². The Kier molecular flexibility index (Phi) is 4.80. The molecule has 0 atom stereocenters. The molecule has 2 aromatic rings. The van der Waals surface area contributed by atoms with Crippen molar-refractivity contribution in [1.29, 1.82) is 0 Å². The van der Waals surface area contributed by atoms with E-state index < -0.39 is 5.82 Å². The molecular weight excluding hydrogens is 291 g/mol. The number of halogens is 2. The SMILES string of the molecule is CC(C)(C)NCc1cccc(Oc2ccc(F)cc2Cl)n1. The zero-order valence-electron chi connectivity index (χ0n) is 12.3. The Morgan fingerprint density at radius 2 is 2.00 bits per heavy atom. The van der Waals surface area contributed by atoms with Crippen molar-refractivity contribution in [2.45, 2.75) is 32.9 Å². The predicted molar refractivity (Wildman–Crippen MR) is 82.3 cm³/mol. The van der Waals surface area contributed by atoms with Crippen LogP contribution in [0.4, 0.5) is 4.39 Å². The average Bonchev–Trinajstić information content (AvgIpc) is 2.39. The van der Waals surface area contributed by atoms with Crippen molar-refractivity contribution in [3.05, 3.63) is 52.9 Å². The van der Waals surface area contributed by atoms with E-state index in [1.165, 1.54) is 18.2 Å². The molecule has 5 heteroatoms. The molecule has 1 N–H and O–H groups in total. The molecular formula is C16H18ClFN2O. The first-order valence-electron chi connectivity index (χ1n) is 6.67. The lowest BCUT2D eigenvalue weighted by molar-refractivity contribution is 0.416. The van der Waals surface area contributed by atoms with Crippen LogP contribution in [0.5, 0.6) is 11.6 Å². The van der Waals surface area contributed by atoms with Gasteiger partial charge in [-0.05, 0) is 45.0 Å². The summed E-state index contributed by atoms with van der Waals surface area (Å²) in [4.78, 5) is 4.40. The van der Waals surface area contributed by atoms with Crippen LogP contribution >= 0.6 is 11.6 Å². The standard InChI is InChI=1S/C16H18ClFN2O/c1-16(2,3)19-10-12-5-4-6-15(20-12)21-14-8-7-11(18)9-13(14)17/h4-9,19H,10H2,1-3H3. The van der Waals surface area contributed by atoms with Gasteiger partial charge in [0, 0.05) is 18.2 Å². The number of benzene rings is 1. The molecule has 0 aliphatic heterocycles. The normalized spacial score (nSPS) is 11.5. The molecule has 2 rings (SSSR count). The summed E-state index contributed by atoms with van der Waals surface area (Å²) in [6.45, 7) is 6.90. The van der Waals surface area contributed by atoms with Crippen LogP contribution < -0.4 is 10.1 Å². The van der Waals surface area contributed by atoms with E-state index in [4.69, 9.17) is 16.3 Å². The first-order chi connectivity index (χ1) is 9.83. The average molecular weight is 309 g/mol. The summed E-state index contributed by atoms with van der Waals surface area (Å²) in [6, 6.07) is 9.51. The minimum Gasteiger partial charge on any atom is -0.437 e. The second-order valence-corrected chi connectivity index (χ2v) is 6.15. The fourth-order valence-corrected chi connectivity index (χ4v) is 1.85. The fraction of sp³-hybridized carbons (Fsp3) is 0.312. The molecule has 0 aliphatic rings. The van der Waals surface area contributed by atoms with E-state index in [1.807, 2.05) is 12.1 Å². The van der Waals surface area contributed by atoms with Crippen molar-refractivity contribution in [2.24, 2.45) is 0 Å². The van der Waals surface area contributed by atoms with Gasteiger partial charge in [0.1, 0.15) is 11.6 Å². The molecule has 112 valence electrons. The first kappa shape index (κ1) is 15.7. The quantitative estimate of drug-likeness (QED) is 0.899. The van der Waals surface area contributed by atoms with E-state index in [1.54, 1.807) is 6.07 Å². The lowest BCUT2D eigenvalue weighted by Crippen LogP contribution is -2.35. The highest BCUT2D eigenvalue weighted by atomic mass is 35.5. The summed E-state index contributed by atoms with van der Waals surface area (Å²) in [7, 11) is 0. The molecule has 21 heavy (non-hydrogen) atoms. The molecule has 1 aromatic carbocycles. The van der Waals surface area contributed by atoms with Crippen LogP contribution in [0.1, 0.15) is 26.5 Å². The third-order valence-electron chi connectivity index (χ3n) is 2.69. The second-order valence-electron chi connectivity index (χ2n) is 5.75. The van der Waals surface area contributed by atoms with Gasteiger partial charge in [0.05, 0.1) is 10.7 Å². The third kappa shape index (κ3) is 4.99. The van der Waals surface area contributed by atoms with Gasteiger partial charge in [-0.3, -0.25) is 0 Å². The van der Waals surface area contributed by atoms with Crippen LogP contribution in [0.25, 0.3) is 0 Å². The number of hydrogen-bond donors (Lipinski definition) is 1. The van der Waals surface area contributed by atoms with Gasteiger partial charge in [-0.2, -0.15) is 0 Å². The Hall–Kier alpha value is -1.65. The molecule has 1 aromatic heterocycles. The number of nitrogens with zero attached hydrogens (tertiary/aromatic N) is 1. The molecule has 0 spiro atoms. The lowest BCUT2D eigenvalue weighted by Gasteiger charge is -2.20. The van der Waals surface area contributed by atoms with E-state index in [0.29, 0.717) is 18.2 Å². The van der Waals surface area contributed by atoms with Gasteiger partial charge >= 0.3 is 0 Å². The number of hydrogen-bond acceptors (Lipinski definition) is 3. The molecule has 0 bridgehead atoms. The van der Waals surface area contributed by atoms with Crippen molar-refractivity contribution >= 4 is 11.6 Å². The topological polar surface area (TPSA) is 34.1 Å². The van der Waals surface area contributed by atoms with Crippen molar-refractivity contribution in [1.82, 2.24) is 10.3 Å². The van der Waals surface area contributed by atoms with Gasteiger partial charge in [0.15, 0.2) is 0 Å². The molecule has 0 saturated carbocycles. The highest BCUT2D eigenvalue weighted by molar-refractivity contribution is 6.32. The second kappa shape index (κ2) is 6.41. The Labute approximate surface area is 129 Å². The largest absolute Gasteiger partial charge is 0.437 e. The molecule has 0 aliphatic carbocycles. The highest BCUT2D eigenvalue weighted by Gasteiger charge is 2.10. The predicted octanol–water partition coefficient (Wildman–Crippen LogP) is 4.55. The van der Waals surface area contributed by atoms with Crippen LogP contribution in [0.3, 0.4) is 0 Å². The zero-order chi connectivity index (χ0) is 15.5. The summed E-state index contributed by atoms with van der Waals surface area (Å²) in [5.74, 6) is 0.409. The van der Waals surface area contributed by atoms with Crippen LogP contribution in [-0.2, 0) is 6.54 Å². The van der Waals surface area contributed by atoms with Gasteiger partial charge in [-0.1, -0.05) is 17.7 Å². The molecule has 0 fully saturated rings. The highest BCUT2D eigenvalue weighted by Crippen LogP contribution is 2.28. The van der Waals surface area contributed by atoms with Crippen LogP contribution in [0.15, 0.2) is 36.4 Å². The van der Waals surface area contributed by atoms with E-state index >= 15 is 0 Å². The lowest BCUT2D eigenvalue weighted by atomic mass is 10.1. The Balaban J connectivity index is 2.10. The zero-order valence-corrected chi connectivity index (χ0v) is 13.0. The number of rotatable bonds is 4. The summed E-state index contributed by atoms with van der Waals surface area (Å²) in [5.41, 5.74) is 0.874. The molecule has 0 unspecified atom stereocenters. The molecule has 0 radical (unpaired) electrons. The van der Waals surface area contributed by atoms with Crippen LogP contribution in [0, 0.1) is 5.82 Å². The van der Waals surface area contributed by atoms with Crippen molar-refractivity contribution in [3.63, 3.8) is 0 Å². The van der Waals surface area contributed by atoms with Crippen LogP contribution in [0.2, 0.25) is 5.02 Å². The van der Waals surface area contributed by atoms with Crippen molar-refractivity contribution in [3.8, 4) is 11.6 Å². The van der Waals surface area contributed by atoms with E-state index in [9.17, 15) is 4.39 Å². The smallest absolute Gasteiger partial charge is 0.219 e. The summed E-state index contributed by atoms with van der Waals surface area (Å²) in [6.07, 6.45) is 0. The summed E-state index contributed by atoms with van der Waals surface area (Å²) >= 11 is 5.94. The molecule has 0 saturated heterocycles. The van der Waals surface area contributed by atoms with Crippen molar-refractivity contribution < 1.29 is 9.13 Å². The molecule has 3 nitrogen and oxygen atoms in total. The summed E-state index contributed by atoms with van der Waals surface area (Å²) in [5, 5.41) is 3.57.